The summed E-state index contributed by atoms with van der Waals surface area (Å²) in [5, 5.41) is 14.4. The topological polar surface area (TPSA) is 93.9 Å². The number of nitro benzene ring substituents is 1. The Morgan fingerprint density at radius 3 is 2.34 bits per heavy atom. The highest BCUT2D eigenvalue weighted by molar-refractivity contribution is 5.99. The van der Waals surface area contributed by atoms with Crippen molar-refractivity contribution < 1.29 is 19.2 Å². The Kier molecular flexibility index (Phi) is 6.66. The fourth-order valence-electron chi connectivity index (χ4n) is 3.67. The van der Waals surface area contributed by atoms with E-state index in [1.807, 2.05) is 30.3 Å². The van der Waals surface area contributed by atoms with E-state index >= 15 is 0 Å². The Bertz CT molecular complexity index is 866. The monoisotopic (exact) mass is 399 g/mol. The van der Waals surface area contributed by atoms with Crippen molar-refractivity contribution in [1.82, 2.24) is 10.2 Å². The first-order valence-electron chi connectivity index (χ1n) is 9.52. The number of carbonyl (C=O) groups excluding carboxylic acids is 1. The number of hydrogen-bond acceptors (Lipinski definition) is 6. The predicted octanol–water partition coefficient (Wildman–Crippen LogP) is 3.18. The lowest BCUT2D eigenvalue weighted by atomic mass is 10.0. The minimum absolute atomic E-state index is 0.0156. The maximum atomic E-state index is 12.9. The maximum Gasteiger partial charge on any atom is 0.286 e. The molecule has 0 radical (unpaired) electrons. The molecular weight excluding hydrogens is 374 g/mol. The lowest BCUT2D eigenvalue weighted by Crippen LogP contribution is -2.37. The van der Waals surface area contributed by atoms with E-state index in [-0.39, 0.29) is 28.8 Å². The Morgan fingerprint density at radius 2 is 1.76 bits per heavy atom. The second-order valence-electron chi connectivity index (χ2n) is 6.86. The fourth-order valence-corrected chi connectivity index (χ4v) is 3.67. The van der Waals surface area contributed by atoms with Crippen molar-refractivity contribution in [2.45, 2.75) is 18.9 Å². The molecule has 3 rings (SSSR count). The number of nitrogens with zero attached hydrogens (tertiary/aromatic N) is 2. The van der Waals surface area contributed by atoms with Crippen LogP contribution in [0.25, 0.3) is 0 Å². The molecule has 1 aliphatic heterocycles. The highest BCUT2D eigenvalue weighted by atomic mass is 16.6. The molecule has 0 aromatic heterocycles. The molecule has 1 amide bonds. The molecule has 0 aliphatic carbocycles. The first kappa shape index (κ1) is 20.6. The van der Waals surface area contributed by atoms with Crippen LogP contribution < -0.4 is 14.8 Å². The predicted molar refractivity (Wildman–Crippen MR) is 109 cm³/mol. The summed E-state index contributed by atoms with van der Waals surface area (Å²) in [6, 6.07) is 12.5. The quantitative estimate of drug-likeness (QED) is 0.541. The van der Waals surface area contributed by atoms with Gasteiger partial charge in [0.15, 0.2) is 11.5 Å². The number of carbonyl (C=O) groups is 1. The third-order valence-corrected chi connectivity index (χ3v) is 5.16. The molecule has 1 unspecified atom stereocenters. The number of nitrogens with one attached hydrogen (secondary N) is 1. The van der Waals surface area contributed by atoms with Crippen LogP contribution in [0.2, 0.25) is 0 Å². The van der Waals surface area contributed by atoms with Gasteiger partial charge in [0.05, 0.1) is 31.3 Å². The Balaban J connectivity index is 1.84. The summed E-state index contributed by atoms with van der Waals surface area (Å²) in [5.41, 5.74) is 0.731. The molecule has 0 saturated carbocycles. The molecule has 1 heterocycles. The molecule has 2 aromatic carbocycles. The van der Waals surface area contributed by atoms with Crippen molar-refractivity contribution >= 4 is 11.6 Å². The van der Waals surface area contributed by atoms with Gasteiger partial charge >= 0.3 is 0 Å². The number of rotatable bonds is 8. The van der Waals surface area contributed by atoms with Gasteiger partial charge < -0.3 is 14.8 Å². The number of methoxy groups -OCH3 is 2. The average Bonchev–Trinajstić information content (AvgIpc) is 3.28. The molecule has 2 aromatic rings. The lowest BCUT2D eigenvalue weighted by Gasteiger charge is -2.28. The van der Waals surface area contributed by atoms with Crippen LogP contribution in [0.3, 0.4) is 0 Å². The molecule has 8 nitrogen and oxygen atoms in total. The number of nitro groups is 1. The summed E-state index contributed by atoms with van der Waals surface area (Å²) in [6.45, 7) is 2.28. The summed E-state index contributed by atoms with van der Waals surface area (Å²) in [7, 11) is 2.81. The van der Waals surface area contributed by atoms with Crippen molar-refractivity contribution in [2.24, 2.45) is 0 Å². The maximum absolute atomic E-state index is 12.9. The van der Waals surface area contributed by atoms with Crippen molar-refractivity contribution in [3.63, 3.8) is 0 Å². The number of likely N-dealkylation sites (tertiary alicyclic amines) is 1. The molecule has 0 bridgehead atoms. The van der Waals surface area contributed by atoms with Crippen LogP contribution in [0, 0.1) is 10.1 Å². The summed E-state index contributed by atoms with van der Waals surface area (Å²) in [6.07, 6.45) is 2.25. The average molecular weight is 399 g/mol. The molecule has 29 heavy (non-hydrogen) atoms. The standard InChI is InChI=1S/C21H25N3O5/c1-28-19-12-16(17(24(26)27)13-20(19)29-2)21(25)22-14-18(23-10-6-7-11-23)15-8-4-3-5-9-15/h3-5,8-9,12-13,18H,6-7,10-11,14H2,1-2H3,(H,22,25). The van der Waals surface area contributed by atoms with E-state index in [0.29, 0.717) is 6.54 Å². The van der Waals surface area contributed by atoms with Gasteiger partial charge in [0.1, 0.15) is 5.56 Å². The molecule has 8 heteroatoms. The van der Waals surface area contributed by atoms with E-state index in [1.54, 1.807) is 0 Å². The molecule has 1 atom stereocenters. The highest BCUT2D eigenvalue weighted by Crippen LogP contribution is 2.34. The summed E-state index contributed by atoms with van der Waals surface area (Å²) in [5.74, 6) is -0.0461. The summed E-state index contributed by atoms with van der Waals surface area (Å²) in [4.78, 5) is 26.1. The van der Waals surface area contributed by atoms with Gasteiger partial charge in [0.25, 0.3) is 11.6 Å². The number of amides is 1. The van der Waals surface area contributed by atoms with E-state index in [0.717, 1.165) is 31.5 Å². The van der Waals surface area contributed by atoms with Gasteiger partial charge in [-0.3, -0.25) is 19.8 Å². The van der Waals surface area contributed by atoms with Gasteiger partial charge in [0, 0.05) is 12.6 Å². The third-order valence-electron chi connectivity index (χ3n) is 5.16. The zero-order valence-corrected chi connectivity index (χ0v) is 16.6. The SMILES string of the molecule is COc1cc(C(=O)NCC(c2ccccc2)N2CCCC2)c([N+](=O)[O-])cc1OC. The van der Waals surface area contributed by atoms with Crippen LogP contribution >= 0.6 is 0 Å². The third kappa shape index (κ3) is 4.65. The van der Waals surface area contributed by atoms with Gasteiger partial charge in [-0.25, -0.2) is 0 Å². The Hall–Kier alpha value is -3.13. The number of ether oxygens (including phenoxy) is 2. The lowest BCUT2D eigenvalue weighted by molar-refractivity contribution is -0.385. The molecule has 1 N–H and O–H groups in total. The van der Waals surface area contributed by atoms with E-state index in [4.69, 9.17) is 9.47 Å². The van der Waals surface area contributed by atoms with Crippen molar-refractivity contribution in [3.8, 4) is 11.5 Å². The number of hydrogen-bond donors (Lipinski definition) is 1. The second-order valence-corrected chi connectivity index (χ2v) is 6.86. The van der Waals surface area contributed by atoms with E-state index in [2.05, 4.69) is 10.2 Å². The van der Waals surface area contributed by atoms with Crippen molar-refractivity contribution in [1.29, 1.82) is 0 Å². The van der Waals surface area contributed by atoms with Gasteiger partial charge in [-0.2, -0.15) is 0 Å². The van der Waals surface area contributed by atoms with Crippen LogP contribution in [0.5, 0.6) is 11.5 Å². The van der Waals surface area contributed by atoms with Gasteiger partial charge in [-0.1, -0.05) is 30.3 Å². The van der Waals surface area contributed by atoms with Crippen molar-refractivity contribution in [3.05, 3.63) is 63.7 Å². The minimum atomic E-state index is -0.591. The summed E-state index contributed by atoms with van der Waals surface area (Å²) >= 11 is 0. The van der Waals surface area contributed by atoms with Crippen LogP contribution in [-0.2, 0) is 0 Å². The van der Waals surface area contributed by atoms with Gasteiger partial charge in [0.2, 0.25) is 0 Å². The first-order chi connectivity index (χ1) is 14.0. The molecule has 154 valence electrons. The Labute approximate surface area is 169 Å². The molecule has 1 aliphatic rings. The second kappa shape index (κ2) is 9.38. The molecule has 0 spiro atoms. The largest absolute Gasteiger partial charge is 0.493 e. The number of benzene rings is 2. The van der Waals surface area contributed by atoms with Crippen molar-refractivity contribution in [2.75, 3.05) is 33.9 Å². The zero-order chi connectivity index (χ0) is 20.8. The normalized spacial score (nSPS) is 15.0. The van der Waals surface area contributed by atoms with E-state index < -0.39 is 10.8 Å². The van der Waals surface area contributed by atoms with E-state index in [9.17, 15) is 14.9 Å². The highest BCUT2D eigenvalue weighted by Gasteiger charge is 2.27. The first-order valence-corrected chi connectivity index (χ1v) is 9.52. The smallest absolute Gasteiger partial charge is 0.286 e. The molecular formula is C21H25N3O5. The van der Waals surface area contributed by atoms with Gasteiger partial charge in [-0.05, 0) is 31.5 Å². The van der Waals surface area contributed by atoms with Crippen LogP contribution in [0.1, 0.15) is 34.8 Å². The Morgan fingerprint density at radius 1 is 1.14 bits per heavy atom. The zero-order valence-electron chi connectivity index (χ0n) is 16.6. The van der Waals surface area contributed by atoms with Crippen LogP contribution in [0.15, 0.2) is 42.5 Å². The van der Waals surface area contributed by atoms with Crippen LogP contribution in [0.4, 0.5) is 5.69 Å². The van der Waals surface area contributed by atoms with Crippen LogP contribution in [-0.4, -0.2) is 49.6 Å². The fraction of sp³-hybridized carbons (Fsp3) is 0.381. The minimum Gasteiger partial charge on any atom is -0.493 e. The van der Waals surface area contributed by atoms with Gasteiger partial charge in [-0.15, -0.1) is 0 Å². The molecule has 1 saturated heterocycles. The van der Waals surface area contributed by atoms with E-state index in [1.165, 1.54) is 26.4 Å². The molecule has 1 fully saturated rings. The summed E-state index contributed by atoms with van der Waals surface area (Å²) < 4.78 is 10.3.